The molecule has 0 bridgehead atoms. The molecule has 1 aliphatic heterocycles. The van der Waals surface area contributed by atoms with Crippen molar-refractivity contribution >= 4 is 29.3 Å². The van der Waals surface area contributed by atoms with Crippen LogP contribution in [0.5, 0.6) is 5.75 Å². The number of aryl methyl sites for hydroxylation is 1. The fraction of sp³-hybridized carbons (Fsp3) is 0.360. The maximum atomic E-state index is 13.4. The zero-order chi connectivity index (χ0) is 24.3. The third kappa shape index (κ3) is 5.22. The summed E-state index contributed by atoms with van der Waals surface area (Å²) in [6, 6.07) is 12.2. The number of methoxy groups -OCH3 is 1. The van der Waals surface area contributed by atoms with Gasteiger partial charge in [-0.15, -0.1) is 0 Å². The predicted molar refractivity (Wildman–Crippen MR) is 124 cm³/mol. The zero-order valence-corrected chi connectivity index (χ0v) is 19.5. The minimum absolute atomic E-state index is 0.200. The van der Waals surface area contributed by atoms with Crippen molar-refractivity contribution in [2.75, 3.05) is 19.0 Å². The summed E-state index contributed by atoms with van der Waals surface area (Å²) in [4.78, 5) is 54.9. The number of rotatable bonds is 7. The Balaban J connectivity index is 1.93. The zero-order valence-electron chi connectivity index (χ0n) is 19.5. The van der Waals surface area contributed by atoms with Gasteiger partial charge >= 0.3 is 6.03 Å². The Bertz CT molecular complexity index is 1080. The number of carbonyl (C=O) groups excluding carboxylic acids is 4. The summed E-state index contributed by atoms with van der Waals surface area (Å²) in [6.07, 6.45) is 0. The van der Waals surface area contributed by atoms with E-state index < -0.39 is 35.1 Å². The summed E-state index contributed by atoms with van der Waals surface area (Å²) in [7, 11) is 1.47. The van der Waals surface area contributed by atoms with E-state index in [1.807, 2.05) is 43.3 Å². The van der Waals surface area contributed by atoms with Crippen LogP contribution in [0.1, 0.15) is 31.9 Å². The van der Waals surface area contributed by atoms with Crippen molar-refractivity contribution in [3.05, 3.63) is 59.7 Å². The molecule has 1 heterocycles. The number of nitrogens with zero attached hydrogens (tertiary/aromatic N) is 2. The smallest absolute Gasteiger partial charge is 0.328 e. The van der Waals surface area contributed by atoms with Gasteiger partial charge in [-0.2, -0.15) is 0 Å². The number of amides is 4. The van der Waals surface area contributed by atoms with Gasteiger partial charge in [0.05, 0.1) is 12.8 Å². The molecule has 0 spiro atoms. The number of hydrogen-bond donors (Lipinski definition) is 1. The van der Waals surface area contributed by atoms with Crippen LogP contribution in [-0.4, -0.2) is 53.1 Å². The van der Waals surface area contributed by atoms with E-state index >= 15 is 0 Å². The first kappa shape index (κ1) is 24.0. The molecule has 2 aromatic rings. The highest BCUT2D eigenvalue weighted by Gasteiger charge is 2.49. The number of Topliss-reactive ketones (excluding diaryl/α,β-unsaturated/α-hetero) is 1. The van der Waals surface area contributed by atoms with Gasteiger partial charge in [-0.25, -0.2) is 9.69 Å². The van der Waals surface area contributed by atoms with Crippen LogP contribution in [-0.2, 0) is 20.9 Å². The fourth-order valence-electron chi connectivity index (χ4n) is 3.63. The highest BCUT2D eigenvalue weighted by molar-refractivity contribution is 6.19. The Kier molecular flexibility index (Phi) is 6.86. The van der Waals surface area contributed by atoms with Gasteiger partial charge in [0.25, 0.3) is 11.8 Å². The normalized spacial score (nSPS) is 14.9. The van der Waals surface area contributed by atoms with Crippen LogP contribution in [0, 0.1) is 12.3 Å². The van der Waals surface area contributed by atoms with Crippen LogP contribution < -0.4 is 10.1 Å². The van der Waals surface area contributed by atoms with Crippen molar-refractivity contribution in [3.63, 3.8) is 0 Å². The van der Waals surface area contributed by atoms with Crippen molar-refractivity contribution in [2.45, 2.75) is 40.3 Å². The van der Waals surface area contributed by atoms with E-state index in [1.165, 1.54) is 12.0 Å². The van der Waals surface area contributed by atoms with Crippen LogP contribution in [0.15, 0.2) is 48.5 Å². The number of carbonyl (C=O) groups is 4. The van der Waals surface area contributed by atoms with Gasteiger partial charge in [-0.05, 0) is 30.2 Å². The molecule has 2 aromatic carbocycles. The topological polar surface area (TPSA) is 96.0 Å². The van der Waals surface area contributed by atoms with Gasteiger partial charge < -0.3 is 15.0 Å². The third-order valence-corrected chi connectivity index (χ3v) is 5.39. The van der Waals surface area contributed by atoms with Crippen LogP contribution in [0.25, 0.3) is 0 Å². The van der Waals surface area contributed by atoms with E-state index in [-0.39, 0.29) is 13.1 Å². The molecule has 0 aromatic heterocycles. The number of ketones is 1. The molecular formula is C25H29N3O5. The molecule has 3 rings (SSSR count). The molecule has 0 saturated carbocycles. The number of ether oxygens (including phenoxy) is 1. The highest BCUT2D eigenvalue weighted by atomic mass is 16.5. The number of nitrogens with one attached hydrogen (secondary N) is 1. The van der Waals surface area contributed by atoms with E-state index in [0.717, 1.165) is 16.0 Å². The van der Waals surface area contributed by atoms with Crippen LogP contribution in [0.2, 0.25) is 0 Å². The summed E-state index contributed by atoms with van der Waals surface area (Å²) in [5.74, 6) is -1.48. The van der Waals surface area contributed by atoms with E-state index in [9.17, 15) is 19.2 Å². The van der Waals surface area contributed by atoms with E-state index in [2.05, 4.69) is 5.32 Å². The molecule has 1 saturated heterocycles. The standard InChI is InChI=1S/C25H29N3O5/c1-16-11-12-19(33-5)18(13-16)26-23(31)21(22(30)25(2,3)4)28-20(29)15-27(24(28)32)14-17-9-7-6-8-10-17/h6-13,21H,14-15H2,1-5H3,(H,26,31). The lowest BCUT2D eigenvalue weighted by molar-refractivity contribution is -0.143. The minimum atomic E-state index is -1.60. The third-order valence-electron chi connectivity index (χ3n) is 5.39. The van der Waals surface area contributed by atoms with Gasteiger partial charge in [0.15, 0.2) is 11.8 Å². The highest BCUT2D eigenvalue weighted by Crippen LogP contribution is 2.28. The predicted octanol–water partition coefficient (Wildman–Crippen LogP) is 3.39. The molecule has 1 aliphatic rings. The van der Waals surface area contributed by atoms with Crippen LogP contribution in [0.3, 0.4) is 0 Å². The number of benzene rings is 2. The molecule has 33 heavy (non-hydrogen) atoms. The first-order valence-electron chi connectivity index (χ1n) is 10.7. The maximum absolute atomic E-state index is 13.4. The van der Waals surface area contributed by atoms with Gasteiger partial charge in [0, 0.05) is 12.0 Å². The van der Waals surface area contributed by atoms with Gasteiger partial charge in [-0.1, -0.05) is 57.2 Å². The van der Waals surface area contributed by atoms with Crippen molar-refractivity contribution in [2.24, 2.45) is 5.41 Å². The minimum Gasteiger partial charge on any atom is -0.495 e. The second-order valence-electron chi connectivity index (χ2n) is 9.10. The van der Waals surface area contributed by atoms with Crippen molar-refractivity contribution in [3.8, 4) is 5.75 Å². The Morgan fingerprint density at radius 3 is 2.36 bits per heavy atom. The molecule has 0 radical (unpaired) electrons. The van der Waals surface area contributed by atoms with Gasteiger partial charge in [0.1, 0.15) is 12.3 Å². The molecule has 174 valence electrons. The molecule has 0 aliphatic carbocycles. The first-order valence-corrected chi connectivity index (χ1v) is 10.7. The Labute approximate surface area is 193 Å². The van der Waals surface area contributed by atoms with Gasteiger partial charge in [0.2, 0.25) is 0 Å². The largest absolute Gasteiger partial charge is 0.495 e. The lowest BCUT2D eigenvalue weighted by Crippen LogP contribution is -2.55. The SMILES string of the molecule is COc1ccc(C)cc1NC(=O)C(C(=O)C(C)(C)C)N1C(=O)CN(Cc2ccccc2)C1=O. The van der Waals surface area contributed by atoms with Crippen molar-refractivity contribution in [1.82, 2.24) is 9.80 Å². The second-order valence-corrected chi connectivity index (χ2v) is 9.10. The first-order chi connectivity index (χ1) is 15.5. The molecule has 1 fully saturated rings. The second kappa shape index (κ2) is 9.44. The average Bonchev–Trinajstić information content (AvgIpc) is 3.02. The quantitative estimate of drug-likeness (QED) is 0.514. The number of anilines is 1. The average molecular weight is 452 g/mol. The monoisotopic (exact) mass is 451 g/mol. The summed E-state index contributed by atoms with van der Waals surface area (Å²) < 4.78 is 5.30. The summed E-state index contributed by atoms with van der Waals surface area (Å²) >= 11 is 0. The van der Waals surface area contributed by atoms with Crippen molar-refractivity contribution in [1.29, 1.82) is 0 Å². The number of hydrogen-bond acceptors (Lipinski definition) is 5. The van der Waals surface area contributed by atoms with Crippen LogP contribution >= 0.6 is 0 Å². The molecule has 4 amide bonds. The lowest BCUT2D eigenvalue weighted by Gasteiger charge is -2.29. The van der Waals surface area contributed by atoms with Crippen molar-refractivity contribution < 1.29 is 23.9 Å². The fourth-order valence-corrected chi connectivity index (χ4v) is 3.63. The molecule has 8 heteroatoms. The maximum Gasteiger partial charge on any atom is 0.328 e. The van der Waals surface area contributed by atoms with E-state index in [1.54, 1.807) is 32.9 Å². The summed E-state index contributed by atoms with van der Waals surface area (Å²) in [5, 5.41) is 2.69. The van der Waals surface area contributed by atoms with E-state index in [0.29, 0.717) is 11.4 Å². The van der Waals surface area contributed by atoms with Gasteiger partial charge in [-0.3, -0.25) is 14.4 Å². The van der Waals surface area contributed by atoms with E-state index in [4.69, 9.17) is 4.74 Å². The Morgan fingerprint density at radius 2 is 1.76 bits per heavy atom. The molecule has 8 nitrogen and oxygen atoms in total. The summed E-state index contributed by atoms with van der Waals surface area (Å²) in [6.45, 7) is 6.79. The Morgan fingerprint density at radius 1 is 1.09 bits per heavy atom. The molecule has 1 atom stereocenters. The van der Waals surface area contributed by atoms with Crippen LogP contribution in [0.4, 0.5) is 10.5 Å². The number of imide groups is 1. The Hall–Kier alpha value is -3.68. The molecule has 1 unspecified atom stereocenters. The number of urea groups is 1. The molecule has 1 N–H and O–H groups in total. The molecular weight excluding hydrogens is 422 g/mol. The summed E-state index contributed by atoms with van der Waals surface area (Å²) in [5.41, 5.74) is 1.10. The lowest BCUT2D eigenvalue weighted by atomic mass is 9.85.